The Balaban J connectivity index is 1.73. The Kier molecular flexibility index (Phi) is 6.41. The fraction of sp³-hybridized carbons (Fsp3) is 0.435. The van der Waals surface area contributed by atoms with Crippen LogP contribution < -0.4 is 11.1 Å². The van der Waals surface area contributed by atoms with Crippen molar-refractivity contribution in [1.82, 2.24) is 10.2 Å². The van der Waals surface area contributed by atoms with Crippen LogP contribution >= 0.6 is 0 Å². The lowest BCUT2D eigenvalue weighted by Crippen LogP contribution is -2.56. The van der Waals surface area contributed by atoms with E-state index in [1.165, 1.54) is 12.0 Å². The highest BCUT2D eigenvalue weighted by Crippen LogP contribution is 2.23. The molecule has 2 aromatic rings. The van der Waals surface area contributed by atoms with E-state index in [9.17, 15) is 14.4 Å². The van der Waals surface area contributed by atoms with Gasteiger partial charge in [0.25, 0.3) is 5.91 Å². The van der Waals surface area contributed by atoms with Gasteiger partial charge >= 0.3 is 0 Å². The van der Waals surface area contributed by atoms with Crippen LogP contribution in [0, 0.1) is 0 Å². The average Bonchev–Trinajstić information content (AvgIpc) is 3.22. The van der Waals surface area contributed by atoms with E-state index in [1.807, 2.05) is 42.5 Å². The van der Waals surface area contributed by atoms with E-state index in [4.69, 9.17) is 10.5 Å². The van der Waals surface area contributed by atoms with Crippen molar-refractivity contribution >= 4 is 28.5 Å². The minimum absolute atomic E-state index is 0.243. The predicted molar refractivity (Wildman–Crippen MR) is 115 cm³/mol. The average molecular weight is 412 g/mol. The summed E-state index contributed by atoms with van der Waals surface area (Å²) in [6, 6.07) is 12.3. The summed E-state index contributed by atoms with van der Waals surface area (Å²) in [6.07, 6.45) is 1.55. The largest absolute Gasteiger partial charge is 0.369 e. The highest BCUT2D eigenvalue weighted by Gasteiger charge is 2.41. The Labute approximate surface area is 176 Å². The van der Waals surface area contributed by atoms with Crippen molar-refractivity contribution in [2.75, 3.05) is 13.7 Å². The molecule has 1 heterocycles. The van der Waals surface area contributed by atoms with E-state index in [0.29, 0.717) is 13.0 Å². The van der Waals surface area contributed by atoms with Gasteiger partial charge < -0.3 is 20.7 Å². The molecule has 1 aliphatic rings. The maximum absolute atomic E-state index is 12.9. The van der Waals surface area contributed by atoms with Crippen LogP contribution in [0.3, 0.4) is 0 Å². The number of hydrogen-bond donors (Lipinski definition) is 2. The number of likely N-dealkylation sites (tertiary alicyclic amines) is 1. The minimum Gasteiger partial charge on any atom is -0.369 e. The fourth-order valence-corrected chi connectivity index (χ4v) is 3.81. The van der Waals surface area contributed by atoms with E-state index in [2.05, 4.69) is 5.32 Å². The van der Waals surface area contributed by atoms with E-state index >= 15 is 0 Å². The van der Waals surface area contributed by atoms with Gasteiger partial charge in [-0.1, -0.05) is 42.5 Å². The van der Waals surface area contributed by atoms with Gasteiger partial charge in [0.05, 0.1) is 0 Å². The number of carbonyl (C=O) groups excluding carboxylic acids is 3. The van der Waals surface area contributed by atoms with Gasteiger partial charge in [-0.2, -0.15) is 0 Å². The third-order valence-electron chi connectivity index (χ3n) is 5.76. The zero-order valence-corrected chi connectivity index (χ0v) is 17.7. The maximum Gasteiger partial charge on any atom is 0.254 e. The van der Waals surface area contributed by atoms with Gasteiger partial charge in [-0.15, -0.1) is 0 Å². The number of benzene rings is 2. The van der Waals surface area contributed by atoms with Gasteiger partial charge in [-0.3, -0.25) is 14.4 Å². The second-order valence-corrected chi connectivity index (χ2v) is 8.22. The molecule has 0 aromatic heterocycles. The molecule has 2 atom stereocenters. The van der Waals surface area contributed by atoms with Crippen LogP contribution in [0.4, 0.5) is 0 Å². The van der Waals surface area contributed by atoms with Crippen molar-refractivity contribution < 1.29 is 19.1 Å². The quantitative estimate of drug-likeness (QED) is 0.725. The number of fused-ring (bicyclic) bond motifs is 1. The van der Waals surface area contributed by atoms with Gasteiger partial charge in [-0.05, 0) is 43.0 Å². The van der Waals surface area contributed by atoms with Gasteiger partial charge in [0.2, 0.25) is 11.8 Å². The number of hydrogen-bond acceptors (Lipinski definition) is 4. The van der Waals surface area contributed by atoms with Gasteiger partial charge in [0.1, 0.15) is 17.7 Å². The molecule has 0 aliphatic carbocycles. The molecule has 1 fully saturated rings. The van der Waals surface area contributed by atoms with Crippen LogP contribution in [0.5, 0.6) is 0 Å². The zero-order chi connectivity index (χ0) is 21.9. The molecule has 0 spiro atoms. The highest BCUT2D eigenvalue weighted by atomic mass is 16.5. The summed E-state index contributed by atoms with van der Waals surface area (Å²) in [7, 11) is 1.47. The van der Waals surface area contributed by atoms with Crippen LogP contribution in [0.2, 0.25) is 0 Å². The molecule has 1 aliphatic heterocycles. The Hall–Kier alpha value is -2.93. The standard InChI is InChI=1S/C23H29N3O4/c1-23(2,30-3)22(29)26-12-6-9-19(26)21(28)25-18(20(24)27)14-15-10-11-16-7-4-5-8-17(16)13-15/h4-5,7-8,10-11,13,18-19H,6,9,12,14H2,1-3H3,(H2,24,27)(H,25,28)/t18?,19-/m0/s1. The number of carbonyl (C=O) groups is 3. The van der Waals surface area contributed by atoms with Crippen molar-refractivity contribution in [2.45, 2.75) is 50.8 Å². The molecule has 3 N–H and O–H groups in total. The number of nitrogens with two attached hydrogens (primary N) is 1. The van der Waals surface area contributed by atoms with Crippen LogP contribution in [0.1, 0.15) is 32.3 Å². The topological polar surface area (TPSA) is 102 Å². The SMILES string of the molecule is COC(C)(C)C(=O)N1CCC[C@H]1C(=O)NC(Cc1ccc2ccccc2c1)C(N)=O. The van der Waals surface area contributed by atoms with Crippen molar-refractivity contribution in [2.24, 2.45) is 5.73 Å². The Morgan fingerprint density at radius 1 is 1.20 bits per heavy atom. The number of methoxy groups -OCH3 is 1. The van der Waals surface area contributed by atoms with Crippen molar-refractivity contribution in [3.63, 3.8) is 0 Å². The molecular formula is C23H29N3O4. The summed E-state index contributed by atoms with van der Waals surface area (Å²) in [5, 5.41) is 4.91. The smallest absolute Gasteiger partial charge is 0.254 e. The maximum atomic E-state index is 12.9. The van der Waals surface area contributed by atoms with E-state index < -0.39 is 23.6 Å². The molecule has 30 heavy (non-hydrogen) atoms. The monoisotopic (exact) mass is 411 g/mol. The minimum atomic E-state index is -1.02. The second-order valence-electron chi connectivity index (χ2n) is 8.22. The third-order valence-corrected chi connectivity index (χ3v) is 5.76. The van der Waals surface area contributed by atoms with Crippen LogP contribution in [-0.4, -0.2) is 54.0 Å². The second kappa shape index (κ2) is 8.83. The molecule has 0 saturated carbocycles. The lowest BCUT2D eigenvalue weighted by atomic mass is 10.0. The first kappa shape index (κ1) is 21.8. The zero-order valence-electron chi connectivity index (χ0n) is 17.7. The number of primary amides is 1. The Morgan fingerprint density at radius 3 is 2.57 bits per heavy atom. The number of nitrogens with zero attached hydrogens (tertiary/aromatic N) is 1. The molecule has 1 unspecified atom stereocenters. The molecule has 3 rings (SSSR count). The van der Waals surface area contributed by atoms with E-state index in [-0.39, 0.29) is 18.2 Å². The summed E-state index contributed by atoms with van der Waals surface area (Å²) in [6.45, 7) is 3.83. The molecular weight excluding hydrogens is 382 g/mol. The number of nitrogens with one attached hydrogen (secondary N) is 1. The first-order valence-electron chi connectivity index (χ1n) is 10.2. The lowest BCUT2D eigenvalue weighted by Gasteiger charge is -2.32. The number of rotatable bonds is 7. The normalized spacial score (nSPS) is 17.7. The molecule has 7 heteroatoms. The molecule has 1 saturated heterocycles. The third kappa shape index (κ3) is 4.62. The molecule has 0 bridgehead atoms. The molecule has 3 amide bonds. The Morgan fingerprint density at radius 2 is 1.90 bits per heavy atom. The van der Waals surface area contributed by atoms with Gasteiger partial charge in [0.15, 0.2) is 0 Å². The molecule has 7 nitrogen and oxygen atoms in total. The Bertz CT molecular complexity index is 956. The van der Waals surface area contributed by atoms with Gasteiger partial charge in [0, 0.05) is 20.1 Å². The van der Waals surface area contributed by atoms with Crippen LogP contribution in [-0.2, 0) is 25.5 Å². The van der Waals surface area contributed by atoms with E-state index in [1.54, 1.807) is 13.8 Å². The highest BCUT2D eigenvalue weighted by molar-refractivity contribution is 5.94. The first-order valence-corrected chi connectivity index (χ1v) is 10.2. The fourth-order valence-electron chi connectivity index (χ4n) is 3.81. The number of amides is 3. The molecule has 160 valence electrons. The number of ether oxygens (including phenoxy) is 1. The van der Waals surface area contributed by atoms with Crippen LogP contribution in [0.25, 0.3) is 10.8 Å². The predicted octanol–water partition coefficient (Wildman–Crippen LogP) is 1.77. The first-order chi connectivity index (χ1) is 14.2. The molecule has 2 aromatic carbocycles. The van der Waals surface area contributed by atoms with Crippen molar-refractivity contribution in [3.8, 4) is 0 Å². The van der Waals surface area contributed by atoms with E-state index in [0.717, 1.165) is 22.8 Å². The summed E-state index contributed by atoms with van der Waals surface area (Å²) < 4.78 is 5.28. The summed E-state index contributed by atoms with van der Waals surface area (Å²) in [5.74, 6) is -1.21. The van der Waals surface area contributed by atoms with Gasteiger partial charge in [-0.25, -0.2) is 0 Å². The summed E-state index contributed by atoms with van der Waals surface area (Å²) >= 11 is 0. The summed E-state index contributed by atoms with van der Waals surface area (Å²) in [5.41, 5.74) is 5.46. The van der Waals surface area contributed by atoms with Crippen molar-refractivity contribution in [1.29, 1.82) is 0 Å². The summed E-state index contributed by atoms with van der Waals surface area (Å²) in [4.78, 5) is 39.3. The van der Waals surface area contributed by atoms with Crippen molar-refractivity contribution in [3.05, 3.63) is 48.0 Å². The lowest BCUT2D eigenvalue weighted by molar-refractivity contribution is -0.154. The van der Waals surface area contributed by atoms with Crippen LogP contribution in [0.15, 0.2) is 42.5 Å². The molecule has 0 radical (unpaired) electrons.